The fraction of sp³-hybridized carbons (Fsp3) is 0.500. The second-order valence-electron chi connectivity index (χ2n) is 4.88. The number of hydrogen-bond acceptors (Lipinski definition) is 2. The minimum Gasteiger partial charge on any atom is -0.493 e. The summed E-state index contributed by atoms with van der Waals surface area (Å²) in [6.45, 7) is 5.75. The van der Waals surface area contributed by atoms with Crippen molar-refractivity contribution in [3.63, 3.8) is 0 Å². The molecule has 1 fully saturated rings. The van der Waals surface area contributed by atoms with E-state index in [1.165, 1.54) is 24.8 Å². The van der Waals surface area contributed by atoms with Gasteiger partial charge in [0.15, 0.2) is 0 Å². The van der Waals surface area contributed by atoms with Crippen LogP contribution in [0.3, 0.4) is 0 Å². The van der Waals surface area contributed by atoms with E-state index in [1.54, 1.807) is 0 Å². The zero-order valence-corrected chi connectivity index (χ0v) is 11.0. The van der Waals surface area contributed by atoms with E-state index in [2.05, 4.69) is 18.0 Å². The summed E-state index contributed by atoms with van der Waals surface area (Å²) in [5.41, 5.74) is 1.23. The number of rotatable bonds is 6. The topological polar surface area (TPSA) is 21.3 Å². The summed E-state index contributed by atoms with van der Waals surface area (Å²) in [6, 6.07) is 8.88. The van der Waals surface area contributed by atoms with E-state index >= 15 is 0 Å². The molecule has 98 valence electrons. The highest BCUT2D eigenvalue weighted by atomic mass is 16.5. The molecule has 2 rings (SSSR count). The lowest BCUT2D eigenvalue weighted by Gasteiger charge is -2.23. The Balaban J connectivity index is 1.80. The number of nitrogens with one attached hydrogen (secondary N) is 1. The Kier molecular flexibility index (Phi) is 5.28. The van der Waals surface area contributed by atoms with Gasteiger partial charge in [-0.05, 0) is 43.9 Å². The lowest BCUT2D eigenvalue weighted by molar-refractivity contribution is 0.266. The Morgan fingerprint density at radius 2 is 2.22 bits per heavy atom. The van der Waals surface area contributed by atoms with E-state index in [9.17, 15) is 0 Å². The minimum atomic E-state index is 0.644. The van der Waals surface area contributed by atoms with Crippen LogP contribution in [0.1, 0.15) is 31.2 Å². The van der Waals surface area contributed by atoms with Gasteiger partial charge in [0, 0.05) is 6.04 Å². The largest absolute Gasteiger partial charge is 0.493 e. The number of hydrogen-bond donors (Lipinski definition) is 1. The number of benzene rings is 1. The highest BCUT2D eigenvalue weighted by Gasteiger charge is 2.12. The van der Waals surface area contributed by atoms with Gasteiger partial charge in [-0.1, -0.05) is 30.7 Å². The van der Waals surface area contributed by atoms with Crippen LogP contribution in [0.5, 0.6) is 5.75 Å². The second-order valence-corrected chi connectivity index (χ2v) is 4.88. The Morgan fingerprint density at radius 3 is 3.00 bits per heavy atom. The summed E-state index contributed by atoms with van der Waals surface area (Å²) in [7, 11) is 0. The summed E-state index contributed by atoms with van der Waals surface area (Å²) in [6.07, 6.45) is 7.85. The first kappa shape index (κ1) is 13.2. The van der Waals surface area contributed by atoms with E-state index < -0.39 is 0 Å². The molecule has 1 aliphatic rings. The van der Waals surface area contributed by atoms with Crippen LogP contribution < -0.4 is 10.1 Å². The third kappa shape index (κ3) is 3.88. The maximum atomic E-state index is 5.90. The molecule has 1 aromatic carbocycles. The van der Waals surface area contributed by atoms with Gasteiger partial charge in [0.25, 0.3) is 0 Å². The molecule has 0 saturated carbocycles. The molecule has 0 aromatic heterocycles. The van der Waals surface area contributed by atoms with Gasteiger partial charge in [-0.25, -0.2) is 0 Å². The van der Waals surface area contributed by atoms with Crippen LogP contribution in [-0.4, -0.2) is 19.2 Å². The van der Waals surface area contributed by atoms with Gasteiger partial charge in [0.2, 0.25) is 0 Å². The van der Waals surface area contributed by atoms with Crippen molar-refractivity contribution in [1.82, 2.24) is 5.32 Å². The zero-order valence-electron chi connectivity index (χ0n) is 11.0. The number of allylic oxidation sites excluding steroid dienone is 1. The van der Waals surface area contributed by atoms with Crippen molar-refractivity contribution in [3.8, 4) is 5.75 Å². The molecule has 1 N–H and O–H groups in total. The number of para-hydroxylation sites is 1. The van der Waals surface area contributed by atoms with Crippen molar-refractivity contribution in [1.29, 1.82) is 0 Å². The molecule has 2 heteroatoms. The van der Waals surface area contributed by atoms with Gasteiger partial charge in [-0.3, -0.25) is 0 Å². The highest BCUT2D eigenvalue weighted by Crippen LogP contribution is 2.19. The maximum absolute atomic E-state index is 5.90. The predicted octanol–water partition coefficient (Wildman–Crippen LogP) is 3.33. The van der Waals surface area contributed by atoms with Crippen molar-refractivity contribution in [3.05, 3.63) is 42.5 Å². The fourth-order valence-electron chi connectivity index (χ4n) is 2.45. The molecular formula is C16H23NO. The van der Waals surface area contributed by atoms with Crippen molar-refractivity contribution in [2.45, 2.75) is 38.1 Å². The molecule has 1 saturated heterocycles. The molecule has 0 bridgehead atoms. The average molecular weight is 245 g/mol. The molecule has 0 aliphatic carbocycles. The Hall–Kier alpha value is -1.28. The average Bonchev–Trinajstić information content (AvgIpc) is 2.42. The third-order valence-electron chi connectivity index (χ3n) is 3.47. The number of ether oxygens (including phenoxy) is 1. The quantitative estimate of drug-likeness (QED) is 0.776. The summed E-state index contributed by atoms with van der Waals surface area (Å²) < 4.78 is 5.90. The van der Waals surface area contributed by atoms with E-state index in [0.717, 1.165) is 31.7 Å². The van der Waals surface area contributed by atoms with Crippen LogP contribution in [0.2, 0.25) is 0 Å². The Morgan fingerprint density at radius 1 is 1.33 bits per heavy atom. The van der Waals surface area contributed by atoms with Crippen LogP contribution in [0, 0.1) is 0 Å². The fourth-order valence-corrected chi connectivity index (χ4v) is 2.45. The van der Waals surface area contributed by atoms with Crippen LogP contribution in [-0.2, 0) is 6.42 Å². The highest BCUT2D eigenvalue weighted by molar-refractivity contribution is 5.34. The van der Waals surface area contributed by atoms with Gasteiger partial charge in [0.05, 0.1) is 6.61 Å². The third-order valence-corrected chi connectivity index (χ3v) is 3.47. The Bertz CT molecular complexity index is 369. The van der Waals surface area contributed by atoms with Gasteiger partial charge in [-0.2, -0.15) is 0 Å². The molecule has 0 unspecified atom stereocenters. The van der Waals surface area contributed by atoms with E-state index in [-0.39, 0.29) is 0 Å². The standard InChI is InChI=1S/C16H23NO/c1-2-7-14-8-3-4-10-16(14)18-13-11-15-9-5-6-12-17-15/h2-4,8,10,15,17H,1,5-7,9,11-13H2/t15-/m0/s1. The first-order valence-corrected chi connectivity index (χ1v) is 6.95. The lowest BCUT2D eigenvalue weighted by atomic mass is 10.0. The summed E-state index contributed by atoms with van der Waals surface area (Å²) >= 11 is 0. The SMILES string of the molecule is C=CCc1ccccc1OCC[C@@H]1CCCCN1. The van der Waals surface area contributed by atoms with Crippen LogP contribution in [0.25, 0.3) is 0 Å². The van der Waals surface area contributed by atoms with E-state index in [0.29, 0.717) is 6.04 Å². The monoisotopic (exact) mass is 245 g/mol. The molecule has 1 atom stereocenters. The van der Waals surface area contributed by atoms with Crippen molar-refractivity contribution >= 4 is 0 Å². The molecule has 0 spiro atoms. The van der Waals surface area contributed by atoms with E-state index in [1.807, 2.05) is 24.3 Å². The van der Waals surface area contributed by atoms with E-state index in [4.69, 9.17) is 4.74 Å². The summed E-state index contributed by atoms with van der Waals surface area (Å²) in [5, 5.41) is 3.55. The van der Waals surface area contributed by atoms with Gasteiger partial charge < -0.3 is 10.1 Å². The van der Waals surface area contributed by atoms with Crippen molar-refractivity contribution in [2.24, 2.45) is 0 Å². The van der Waals surface area contributed by atoms with Crippen LogP contribution in [0.4, 0.5) is 0 Å². The number of piperidine rings is 1. The molecule has 18 heavy (non-hydrogen) atoms. The van der Waals surface area contributed by atoms with Crippen LogP contribution >= 0.6 is 0 Å². The zero-order chi connectivity index (χ0) is 12.6. The lowest BCUT2D eigenvalue weighted by Crippen LogP contribution is -2.35. The van der Waals surface area contributed by atoms with Gasteiger partial charge >= 0.3 is 0 Å². The first-order chi connectivity index (χ1) is 8.90. The summed E-state index contributed by atoms with van der Waals surface area (Å²) in [4.78, 5) is 0. The molecular weight excluding hydrogens is 222 g/mol. The molecule has 0 radical (unpaired) electrons. The smallest absolute Gasteiger partial charge is 0.122 e. The predicted molar refractivity (Wildman–Crippen MR) is 76.1 cm³/mol. The normalized spacial score (nSPS) is 19.4. The molecule has 1 aliphatic heterocycles. The van der Waals surface area contributed by atoms with Crippen molar-refractivity contribution < 1.29 is 4.74 Å². The molecule has 0 amide bonds. The van der Waals surface area contributed by atoms with Crippen molar-refractivity contribution in [2.75, 3.05) is 13.2 Å². The molecule has 1 heterocycles. The first-order valence-electron chi connectivity index (χ1n) is 6.95. The maximum Gasteiger partial charge on any atom is 0.122 e. The Labute approximate surface area is 110 Å². The molecule has 2 nitrogen and oxygen atoms in total. The summed E-state index contributed by atoms with van der Waals surface area (Å²) in [5.74, 6) is 1.01. The van der Waals surface area contributed by atoms with Crippen LogP contribution in [0.15, 0.2) is 36.9 Å². The van der Waals surface area contributed by atoms with Gasteiger partial charge in [-0.15, -0.1) is 6.58 Å². The minimum absolute atomic E-state index is 0.644. The van der Waals surface area contributed by atoms with Gasteiger partial charge in [0.1, 0.15) is 5.75 Å². The molecule has 1 aromatic rings. The second kappa shape index (κ2) is 7.22.